The third kappa shape index (κ3) is 4.94. The number of likely N-dealkylation sites (N-methyl/N-ethyl adjacent to an activating group) is 1. The van der Waals surface area contributed by atoms with Crippen LogP contribution in [0.2, 0.25) is 0 Å². The Morgan fingerprint density at radius 2 is 1.83 bits per heavy atom. The van der Waals surface area contributed by atoms with Crippen LogP contribution in [0, 0.1) is 0 Å². The summed E-state index contributed by atoms with van der Waals surface area (Å²) < 4.78 is 5.26. The molecule has 4 heteroatoms. The largest absolute Gasteiger partial charge is 0.390 e. The number of rotatable bonds is 9. The number of hydrogen-bond donors (Lipinski definition) is 1. The molecule has 0 aromatic carbocycles. The van der Waals surface area contributed by atoms with Crippen molar-refractivity contribution >= 4 is 5.91 Å². The summed E-state index contributed by atoms with van der Waals surface area (Å²) in [7, 11) is 3.42. The van der Waals surface area contributed by atoms with Crippen LogP contribution in [0.5, 0.6) is 0 Å². The SMILES string of the molecule is CCCCCCCCC(O)[C@H]1O[C@H]1C(=O)N(C)C. The molecule has 1 heterocycles. The Hall–Kier alpha value is -0.610. The predicted octanol–water partition coefficient (Wildman–Crippen LogP) is 1.95. The normalized spacial score (nSPS) is 23.8. The van der Waals surface area contributed by atoms with Gasteiger partial charge in [0.15, 0.2) is 6.10 Å². The highest BCUT2D eigenvalue weighted by Gasteiger charge is 2.49. The van der Waals surface area contributed by atoms with E-state index in [1.54, 1.807) is 14.1 Å². The Morgan fingerprint density at radius 3 is 2.44 bits per heavy atom. The summed E-state index contributed by atoms with van der Waals surface area (Å²) in [6.45, 7) is 2.20. The molecule has 1 aliphatic rings. The van der Waals surface area contributed by atoms with Crippen molar-refractivity contribution in [3.05, 3.63) is 0 Å². The van der Waals surface area contributed by atoms with E-state index in [2.05, 4.69) is 6.92 Å². The number of aliphatic hydroxyl groups excluding tert-OH is 1. The molecule has 1 rings (SSSR count). The molecule has 106 valence electrons. The van der Waals surface area contributed by atoms with Gasteiger partial charge < -0.3 is 14.7 Å². The van der Waals surface area contributed by atoms with E-state index in [1.807, 2.05) is 0 Å². The molecule has 1 saturated heterocycles. The molecule has 1 aliphatic heterocycles. The van der Waals surface area contributed by atoms with Crippen molar-refractivity contribution < 1.29 is 14.6 Å². The van der Waals surface area contributed by atoms with Crippen molar-refractivity contribution in [2.45, 2.75) is 70.2 Å². The average molecular weight is 257 g/mol. The topological polar surface area (TPSA) is 53.1 Å². The van der Waals surface area contributed by atoms with Crippen LogP contribution in [0.15, 0.2) is 0 Å². The highest BCUT2D eigenvalue weighted by Crippen LogP contribution is 2.29. The van der Waals surface area contributed by atoms with Crippen LogP contribution < -0.4 is 0 Å². The van der Waals surface area contributed by atoms with E-state index in [0.717, 1.165) is 19.3 Å². The second kappa shape index (κ2) is 7.74. The Bertz CT molecular complexity index is 255. The summed E-state index contributed by atoms with van der Waals surface area (Å²) in [6.07, 6.45) is 6.86. The first-order chi connectivity index (χ1) is 8.57. The molecule has 1 amide bonds. The lowest BCUT2D eigenvalue weighted by Gasteiger charge is -2.09. The first-order valence-corrected chi connectivity index (χ1v) is 7.12. The summed E-state index contributed by atoms with van der Waals surface area (Å²) >= 11 is 0. The maximum absolute atomic E-state index is 11.6. The summed E-state index contributed by atoms with van der Waals surface area (Å²) in [5.74, 6) is -0.0398. The van der Waals surface area contributed by atoms with Gasteiger partial charge in [-0.3, -0.25) is 4.79 Å². The molecular weight excluding hydrogens is 230 g/mol. The molecule has 0 saturated carbocycles. The average Bonchev–Trinajstić information content (AvgIpc) is 3.12. The van der Waals surface area contributed by atoms with Crippen LogP contribution in [-0.4, -0.2) is 48.3 Å². The van der Waals surface area contributed by atoms with Crippen molar-refractivity contribution in [2.75, 3.05) is 14.1 Å². The van der Waals surface area contributed by atoms with Gasteiger partial charge in [0.05, 0.1) is 6.10 Å². The van der Waals surface area contributed by atoms with Crippen molar-refractivity contribution in [1.82, 2.24) is 4.90 Å². The maximum Gasteiger partial charge on any atom is 0.254 e. The van der Waals surface area contributed by atoms with Crippen LogP contribution in [0.1, 0.15) is 51.9 Å². The van der Waals surface area contributed by atoms with E-state index in [0.29, 0.717) is 0 Å². The van der Waals surface area contributed by atoms with Gasteiger partial charge in [0.25, 0.3) is 5.91 Å². The molecule has 4 nitrogen and oxygen atoms in total. The van der Waals surface area contributed by atoms with Gasteiger partial charge in [-0.2, -0.15) is 0 Å². The number of unbranched alkanes of at least 4 members (excludes halogenated alkanes) is 5. The van der Waals surface area contributed by atoms with Gasteiger partial charge in [0, 0.05) is 14.1 Å². The van der Waals surface area contributed by atoms with E-state index in [4.69, 9.17) is 4.74 Å². The smallest absolute Gasteiger partial charge is 0.254 e. The molecule has 3 atom stereocenters. The van der Waals surface area contributed by atoms with Gasteiger partial charge in [-0.25, -0.2) is 0 Å². The van der Waals surface area contributed by atoms with Crippen molar-refractivity contribution in [2.24, 2.45) is 0 Å². The Labute approximate surface area is 110 Å². The minimum Gasteiger partial charge on any atom is -0.390 e. The van der Waals surface area contributed by atoms with E-state index < -0.39 is 12.2 Å². The van der Waals surface area contributed by atoms with Gasteiger partial charge in [-0.1, -0.05) is 45.4 Å². The minimum atomic E-state index is -0.481. The molecule has 18 heavy (non-hydrogen) atoms. The van der Waals surface area contributed by atoms with Gasteiger partial charge in [0.2, 0.25) is 0 Å². The summed E-state index contributed by atoms with van der Waals surface area (Å²) in [6, 6.07) is 0. The van der Waals surface area contributed by atoms with Gasteiger partial charge in [0.1, 0.15) is 6.10 Å². The first-order valence-electron chi connectivity index (χ1n) is 7.12. The van der Waals surface area contributed by atoms with E-state index in [9.17, 15) is 9.90 Å². The summed E-state index contributed by atoms with van der Waals surface area (Å²) in [5.41, 5.74) is 0. The second-order valence-electron chi connectivity index (χ2n) is 5.38. The minimum absolute atomic E-state index is 0.0398. The molecule has 1 N–H and O–H groups in total. The zero-order chi connectivity index (χ0) is 13.5. The van der Waals surface area contributed by atoms with Crippen LogP contribution in [0.4, 0.5) is 0 Å². The van der Waals surface area contributed by atoms with Crippen LogP contribution in [0.25, 0.3) is 0 Å². The zero-order valence-electron chi connectivity index (χ0n) is 11.9. The molecule has 0 bridgehead atoms. The maximum atomic E-state index is 11.6. The van der Waals surface area contributed by atoms with Crippen molar-refractivity contribution in [3.63, 3.8) is 0 Å². The van der Waals surface area contributed by atoms with Gasteiger partial charge in [-0.15, -0.1) is 0 Å². The number of aliphatic hydroxyl groups is 1. The highest BCUT2D eigenvalue weighted by atomic mass is 16.6. The molecular formula is C14H27NO3. The van der Waals surface area contributed by atoms with Crippen LogP contribution >= 0.6 is 0 Å². The second-order valence-corrected chi connectivity index (χ2v) is 5.38. The standard InChI is InChI=1S/C14H27NO3/c1-4-5-6-7-8-9-10-11(16)12-13(18-12)14(17)15(2)3/h11-13,16H,4-10H2,1-3H3/t11?,12-,13-/m1/s1. The third-order valence-electron chi connectivity index (χ3n) is 3.44. The van der Waals surface area contributed by atoms with Crippen LogP contribution in [-0.2, 0) is 9.53 Å². The fourth-order valence-electron chi connectivity index (χ4n) is 2.17. The van der Waals surface area contributed by atoms with E-state index in [1.165, 1.54) is 30.6 Å². The summed E-state index contributed by atoms with van der Waals surface area (Å²) in [5, 5.41) is 9.90. The lowest BCUT2D eigenvalue weighted by molar-refractivity contribution is -0.130. The molecule has 0 aromatic rings. The first kappa shape index (κ1) is 15.4. The summed E-state index contributed by atoms with van der Waals surface area (Å²) in [4.78, 5) is 13.1. The molecule has 0 aromatic heterocycles. The molecule has 0 aliphatic carbocycles. The predicted molar refractivity (Wildman–Crippen MR) is 71.4 cm³/mol. The quantitative estimate of drug-likeness (QED) is 0.507. The molecule has 1 fully saturated rings. The molecule has 1 unspecified atom stereocenters. The number of carbonyl (C=O) groups excluding carboxylic acids is 1. The fraction of sp³-hybridized carbons (Fsp3) is 0.929. The van der Waals surface area contributed by atoms with E-state index >= 15 is 0 Å². The Kier molecular flexibility index (Phi) is 6.65. The fourth-order valence-corrected chi connectivity index (χ4v) is 2.17. The Balaban J connectivity index is 2.05. The zero-order valence-corrected chi connectivity index (χ0v) is 11.9. The van der Waals surface area contributed by atoms with Crippen LogP contribution in [0.3, 0.4) is 0 Å². The number of epoxide rings is 1. The lowest BCUT2D eigenvalue weighted by atomic mass is 10.0. The van der Waals surface area contributed by atoms with Gasteiger partial charge >= 0.3 is 0 Å². The molecule has 0 spiro atoms. The molecule has 0 radical (unpaired) electrons. The number of carbonyl (C=O) groups is 1. The Morgan fingerprint density at radius 1 is 1.22 bits per heavy atom. The number of amides is 1. The van der Waals surface area contributed by atoms with Crippen molar-refractivity contribution in [3.8, 4) is 0 Å². The highest BCUT2D eigenvalue weighted by molar-refractivity contribution is 5.83. The number of hydrogen-bond acceptors (Lipinski definition) is 3. The lowest BCUT2D eigenvalue weighted by Crippen LogP contribution is -2.30. The third-order valence-corrected chi connectivity index (χ3v) is 3.44. The number of ether oxygens (including phenoxy) is 1. The monoisotopic (exact) mass is 257 g/mol. The van der Waals surface area contributed by atoms with Crippen molar-refractivity contribution in [1.29, 1.82) is 0 Å². The van der Waals surface area contributed by atoms with Gasteiger partial charge in [-0.05, 0) is 6.42 Å². The number of nitrogens with zero attached hydrogens (tertiary/aromatic N) is 1. The van der Waals surface area contributed by atoms with E-state index in [-0.39, 0.29) is 12.0 Å².